The first kappa shape index (κ1) is 7.53. The highest BCUT2D eigenvalue weighted by atomic mass is 16.5. The molecule has 0 aromatic carbocycles. The standard InChI is InChI=1S/C8H15NO2/c1-6(10)9-7-2-3-8(11-7)4-5-8/h6-7,9-10H,2-5H2,1H3. The third-order valence-corrected chi connectivity index (χ3v) is 2.49. The Bertz CT molecular complexity index is 154. The summed E-state index contributed by atoms with van der Waals surface area (Å²) in [6.07, 6.45) is 4.28. The summed E-state index contributed by atoms with van der Waals surface area (Å²) in [6, 6.07) is 0. The molecule has 2 atom stereocenters. The van der Waals surface area contributed by atoms with E-state index in [0.717, 1.165) is 12.8 Å². The van der Waals surface area contributed by atoms with Gasteiger partial charge in [-0.1, -0.05) is 0 Å². The summed E-state index contributed by atoms with van der Waals surface area (Å²) < 4.78 is 5.70. The maximum absolute atomic E-state index is 9.01. The van der Waals surface area contributed by atoms with Crippen molar-refractivity contribution in [2.75, 3.05) is 0 Å². The molecule has 0 amide bonds. The Morgan fingerprint density at radius 2 is 2.27 bits per heavy atom. The van der Waals surface area contributed by atoms with Crippen molar-refractivity contribution in [2.45, 2.75) is 50.7 Å². The van der Waals surface area contributed by atoms with Crippen LogP contribution >= 0.6 is 0 Å². The zero-order chi connectivity index (χ0) is 7.90. The van der Waals surface area contributed by atoms with Crippen LogP contribution in [-0.2, 0) is 4.74 Å². The summed E-state index contributed by atoms with van der Waals surface area (Å²) in [5, 5.41) is 12.0. The van der Waals surface area contributed by atoms with Gasteiger partial charge in [0.2, 0.25) is 0 Å². The molecular weight excluding hydrogens is 142 g/mol. The zero-order valence-electron chi connectivity index (χ0n) is 6.84. The first-order valence-electron chi connectivity index (χ1n) is 4.32. The van der Waals surface area contributed by atoms with E-state index in [4.69, 9.17) is 9.84 Å². The molecule has 1 saturated carbocycles. The maximum atomic E-state index is 9.01. The molecule has 64 valence electrons. The Morgan fingerprint density at radius 3 is 2.73 bits per heavy atom. The van der Waals surface area contributed by atoms with Crippen molar-refractivity contribution < 1.29 is 9.84 Å². The van der Waals surface area contributed by atoms with E-state index in [2.05, 4.69) is 5.32 Å². The van der Waals surface area contributed by atoms with Crippen LogP contribution in [0.1, 0.15) is 32.6 Å². The van der Waals surface area contributed by atoms with E-state index in [0.29, 0.717) is 0 Å². The number of ether oxygens (including phenoxy) is 1. The Morgan fingerprint density at radius 1 is 1.55 bits per heavy atom. The van der Waals surface area contributed by atoms with Crippen LogP contribution in [0.3, 0.4) is 0 Å². The number of rotatable bonds is 2. The molecule has 2 rings (SSSR count). The second-order valence-corrected chi connectivity index (χ2v) is 3.67. The lowest BCUT2D eigenvalue weighted by atomic mass is 10.2. The first-order valence-corrected chi connectivity index (χ1v) is 4.32. The van der Waals surface area contributed by atoms with Crippen molar-refractivity contribution in [3.63, 3.8) is 0 Å². The van der Waals surface area contributed by atoms with E-state index in [1.165, 1.54) is 12.8 Å². The molecule has 3 heteroatoms. The van der Waals surface area contributed by atoms with Gasteiger partial charge in [-0.2, -0.15) is 0 Å². The lowest BCUT2D eigenvalue weighted by Crippen LogP contribution is -2.36. The van der Waals surface area contributed by atoms with Crippen molar-refractivity contribution in [1.82, 2.24) is 5.32 Å². The van der Waals surface area contributed by atoms with Gasteiger partial charge in [-0.05, 0) is 32.6 Å². The molecule has 1 spiro atoms. The minimum Gasteiger partial charge on any atom is -0.379 e. The van der Waals surface area contributed by atoms with Crippen molar-refractivity contribution in [1.29, 1.82) is 0 Å². The van der Waals surface area contributed by atoms with Crippen LogP contribution in [-0.4, -0.2) is 23.2 Å². The Hall–Kier alpha value is -0.120. The molecule has 2 fully saturated rings. The quantitative estimate of drug-likeness (QED) is 0.576. The molecule has 1 heterocycles. The molecule has 0 aromatic rings. The highest BCUT2D eigenvalue weighted by molar-refractivity contribution is 5.00. The minimum absolute atomic E-state index is 0.0949. The fourth-order valence-electron chi connectivity index (χ4n) is 1.71. The van der Waals surface area contributed by atoms with Crippen LogP contribution in [0.15, 0.2) is 0 Å². The molecule has 2 unspecified atom stereocenters. The number of nitrogens with one attached hydrogen (secondary N) is 1. The van der Waals surface area contributed by atoms with Crippen LogP contribution in [0.4, 0.5) is 0 Å². The average Bonchev–Trinajstić information content (AvgIpc) is 2.51. The highest BCUT2D eigenvalue weighted by Gasteiger charge is 2.49. The van der Waals surface area contributed by atoms with Gasteiger partial charge in [-0.25, -0.2) is 0 Å². The van der Waals surface area contributed by atoms with Gasteiger partial charge in [0.25, 0.3) is 0 Å². The van der Waals surface area contributed by atoms with Crippen molar-refractivity contribution in [3.05, 3.63) is 0 Å². The van der Waals surface area contributed by atoms with Gasteiger partial charge < -0.3 is 9.84 Å². The summed E-state index contributed by atoms with van der Waals surface area (Å²) in [4.78, 5) is 0. The largest absolute Gasteiger partial charge is 0.379 e. The van der Waals surface area contributed by atoms with E-state index in [9.17, 15) is 0 Å². The molecule has 0 bridgehead atoms. The molecule has 3 nitrogen and oxygen atoms in total. The topological polar surface area (TPSA) is 41.5 Å². The van der Waals surface area contributed by atoms with Gasteiger partial charge in [0.1, 0.15) is 12.5 Å². The molecule has 1 aliphatic carbocycles. The van der Waals surface area contributed by atoms with E-state index in [1.807, 2.05) is 0 Å². The highest BCUT2D eigenvalue weighted by Crippen LogP contribution is 2.48. The molecule has 1 aliphatic heterocycles. The molecule has 0 aromatic heterocycles. The number of aliphatic hydroxyl groups is 1. The van der Waals surface area contributed by atoms with Crippen LogP contribution in [0.2, 0.25) is 0 Å². The fraction of sp³-hybridized carbons (Fsp3) is 1.00. The van der Waals surface area contributed by atoms with E-state index < -0.39 is 6.23 Å². The van der Waals surface area contributed by atoms with Crippen LogP contribution < -0.4 is 5.32 Å². The van der Waals surface area contributed by atoms with Crippen molar-refractivity contribution in [2.24, 2.45) is 0 Å². The second-order valence-electron chi connectivity index (χ2n) is 3.67. The van der Waals surface area contributed by atoms with Gasteiger partial charge in [-0.3, -0.25) is 5.32 Å². The normalized spacial score (nSPS) is 36.0. The second kappa shape index (κ2) is 2.44. The third-order valence-electron chi connectivity index (χ3n) is 2.49. The van der Waals surface area contributed by atoms with E-state index in [1.54, 1.807) is 6.92 Å². The molecular formula is C8H15NO2. The van der Waals surface area contributed by atoms with Crippen LogP contribution in [0.25, 0.3) is 0 Å². The summed E-state index contributed by atoms with van der Waals surface area (Å²) in [5.74, 6) is 0. The fourth-order valence-corrected chi connectivity index (χ4v) is 1.71. The number of hydrogen-bond donors (Lipinski definition) is 2. The molecule has 1 saturated heterocycles. The predicted molar refractivity (Wildman–Crippen MR) is 40.9 cm³/mol. The smallest absolute Gasteiger partial charge is 0.110 e. The first-order chi connectivity index (χ1) is 5.20. The monoisotopic (exact) mass is 157 g/mol. The number of aliphatic hydroxyl groups excluding tert-OH is 1. The summed E-state index contributed by atoms with van der Waals surface area (Å²) in [7, 11) is 0. The summed E-state index contributed by atoms with van der Waals surface area (Å²) in [5.41, 5.74) is 0.229. The summed E-state index contributed by atoms with van der Waals surface area (Å²) >= 11 is 0. The Balaban J connectivity index is 1.80. The Kier molecular flexibility index (Phi) is 1.67. The third kappa shape index (κ3) is 1.55. The minimum atomic E-state index is -0.450. The molecule has 11 heavy (non-hydrogen) atoms. The zero-order valence-corrected chi connectivity index (χ0v) is 6.84. The van der Waals surface area contributed by atoms with Crippen LogP contribution in [0.5, 0.6) is 0 Å². The molecule has 2 aliphatic rings. The van der Waals surface area contributed by atoms with Gasteiger partial charge in [-0.15, -0.1) is 0 Å². The molecule has 2 N–H and O–H groups in total. The van der Waals surface area contributed by atoms with E-state index in [-0.39, 0.29) is 11.8 Å². The van der Waals surface area contributed by atoms with Crippen molar-refractivity contribution >= 4 is 0 Å². The van der Waals surface area contributed by atoms with E-state index >= 15 is 0 Å². The predicted octanol–water partition coefficient (Wildman–Crippen LogP) is 0.583. The lowest BCUT2D eigenvalue weighted by Gasteiger charge is -2.15. The molecule has 0 radical (unpaired) electrons. The average molecular weight is 157 g/mol. The van der Waals surface area contributed by atoms with Crippen molar-refractivity contribution in [3.8, 4) is 0 Å². The SMILES string of the molecule is CC(O)NC1CCC2(CC2)O1. The van der Waals surface area contributed by atoms with Gasteiger partial charge in [0.15, 0.2) is 0 Å². The maximum Gasteiger partial charge on any atom is 0.110 e. The lowest BCUT2D eigenvalue weighted by molar-refractivity contribution is -0.0202. The Labute approximate surface area is 66.7 Å². The van der Waals surface area contributed by atoms with Gasteiger partial charge in [0.05, 0.1) is 5.60 Å². The van der Waals surface area contributed by atoms with Crippen LogP contribution in [0, 0.1) is 0 Å². The number of hydrogen-bond acceptors (Lipinski definition) is 3. The van der Waals surface area contributed by atoms with Gasteiger partial charge in [0, 0.05) is 0 Å². The summed E-state index contributed by atoms with van der Waals surface area (Å²) in [6.45, 7) is 1.72. The van der Waals surface area contributed by atoms with Gasteiger partial charge >= 0.3 is 0 Å².